The Hall–Kier alpha value is -1.26. The van der Waals surface area contributed by atoms with Crippen LogP contribution < -0.4 is 5.32 Å². The largest absolute Gasteiger partial charge is 0.480 e. The lowest BCUT2D eigenvalue weighted by Crippen LogP contribution is -2.56. The summed E-state index contributed by atoms with van der Waals surface area (Å²) in [4.78, 5) is 24.3. The third kappa shape index (κ3) is 1.99. The molecule has 1 atom stereocenters. The van der Waals surface area contributed by atoms with Crippen LogP contribution in [0.25, 0.3) is 0 Å². The number of hydrogen-bond acceptors (Lipinski definition) is 2. The summed E-state index contributed by atoms with van der Waals surface area (Å²) in [6.07, 6.45) is 4.47. The van der Waals surface area contributed by atoms with E-state index in [4.69, 9.17) is 5.11 Å². The first kappa shape index (κ1) is 11.2. The van der Waals surface area contributed by atoms with Gasteiger partial charge in [-0.25, -0.2) is 9.59 Å². The van der Waals surface area contributed by atoms with Crippen LogP contribution in [-0.2, 0) is 4.79 Å². The zero-order valence-corrected chi connectivity index (χ0v) is 9.53. The van der Waals surface area contributed by atoms with Gasteiger partial charge in [0, 0.05) is 12.1 Å². The van der Waals surface area contributed by atoms with Crippen LogP contribution in [0.5, 0.6) is 0 Å². The van der Waals surface area contributed by atoms with Crippen molar-refractivity contribution >= 4 is 12.0 Å². The molecule has 16 heavy (non-hydrogen) atoms. The second-order valence-electron chi connectivity index (χ2n) is 5.03. The Labute approximate surface area is 94.8 Å². The van der Waals surface area contributed by atoms with E-state index >= 15 is 0 Å². The Bertz CT molecular complexity index is 312. The first-order chi connectivity index (χ1) is 7.52. The Balaban J connectivity index is 1.95. The number of hydrogen-bond donors (Lipinski definition) is 2. The standard InChI is InChI=1S/C11H18N2O3/c1-11(5-3-6-11)12-10(16)13-7-2-4-8(13)9(14)15/h8H,2-7H2,1H3,(H,12,16)(H,14,15)/t8-/m1/s1. The highest BCUT2D eigenvalue weighted by Gasteiger charge is 2.39. The van der Waals surface area contributed by atoms with Gasteiger partial charge in [0.25, 0.3) is 0 Å². The maximum Gasteiger partial charge on any atom is 0.326 e. The van der Waals surface area contributed by atoms with E-state index in [1.807, 2.05) is 6.92 Å². The molecule has 5 nitrogen and oxygen atoms in total. The summed E-state index contributed by atoms with van der Waals surface area (Å²) < 4.78 is 0. The molecule has 5 heteroatoms. The summed E-state index contributed by atoms with van der Waals surface area (Å²) in [5, 5.41) is 11.9. The fourth-order valence-corrected chi connectivity index (χ4v) is 2.43. The molecule has 1 saturated heterocycles. The van der Waals surface area contributed by atoms with E-state index in [-0.39, 0.29) is 11.6 Å². The lowest BCUT2D eigenvalue weighted by Gasteiger charge is -2.40. The fraction of sp³-hybridized carbons (Fsp3) is 0.818. The molecule has 1 heterocycles. The molecule has 0 aromatic carbocycles. The quantitative estimate of drug-likeness (QED) is 0.743. The number of carboxylic acid groups (broad SMARTS) is 1. The smallest absolute Gasteiger partial charge is 0.326 e. The van der Waals surface area contributed by atoms with Gasteiger partial charge in [0.1, 0.15) is 6.04 Å². The van der Waals surface area contributed by atoms with Crippen LogP contribution in [0, 0.1) is 0 Å². The van der Waals surface area contributed by atoms with Crippen LogP contribution in [0.4, 0.5) is 4.79 Å². The molecule has 2 fully saturated rings. The second-order valence-corrected chi connectivity index (χ2v) is 5.03. The van der Waals surface area contributed by atoms with E-state index in [0.29, 0.717) is 13.0 Å². The fourth-order valence-electron chi connectivity index (χ4n) is 2.43. The van der Waals surface area contributed by atoms with Crippen molar-refractivity contribution in [2.24, 2.45) is 0 Å². The lowest BCUT2D eigenvalue weighted by atomic mass is 9.79. The van der Waals surface area contributed by atoms with E-state index in [0.717, 1.165) is 25.7 Å². The van der Waals surface area contributed by atoms with E-state index in [9.17, 15) is 9.59 Å². The highest BCUT2D eigenvalue weighted by Crippen LogP contribution is 2.31. The number of carboxylic acids is 1. The number of rotatable bonds is 2. The minimum atomic E-state index is -0.897. The van der Waals surface area contributed by atoms with Crippen LogP contribution in [0.3, 0.4) is 0 Å². The van der Waals surface area contributed by atoms with Gasteiger partial charge in [-0.05, 0) is 39.0 Å². The summed E-state index contributed by atoms with van der Waals surface area (Å²) in [5.74, 6) is -0.897. The number of nitrogens with zero attached hydrogens (tertiary/aromatic N) is 1. The molecule has 1 aliphatic carbocycles. The summed E-state index contributed by atoms with van der Waals surface area (Å²) >= 11 is 0. The normalized spacial score (nSPS) is 27.3. The van der Waals surface area contributed by atoms with Crippen LogP contribution in [0.15, 0.2) is 0 Å². The molecule has 0 unspecified atom stereocenters. The molecule has 1 aliphatic heterocycles. The highest BCUT2D eigenvalue weighted by atomic mass is 16.4. The molecule has 0 radical (unpaired) electrons. The van der Waals surface area contributed by atoms with E-state index in [2.05, 4.69) is 5.32 Å². The van der Waals surface area contributed by atoms with Crippen molar-refractivity contribution in [1.82, 2.24) is 10.2 Å². The molecule has 0 spiro atoms. The summed E-state index contributed by atoms with van der Waals surface area (Å²) in [7, 11) is 0. The van der Waals surface area contributed by atoms with Gasteiger partial charge in [0.2, 0.25) is 0 Å². The molecule has 2 aliphatic rings. The maximum absolute atomic E-state index is 11.9. The molecule has 1 saturated carbocycles. The molecule has 0 aromatic rings. The molecule has 90 valence electrons. The number of carbonyl (C=O) groups is 2. The predicted molar refractivity (Wildman–Crippen MR) is 58.2 cm³/mol. The van der Waals surface area contributed by atoms with Crippen molar-refractivity contribution in [3.63, 3.8) is 0 Å². The van der Waals surface area contributed by atoms with Crippen molar-refractivity contribution in [3.8, 4) is 0 Å². The Morgan fingerprint density at radius 3 is 2.56 bits per heavy atom. The monoisotopic (exact) mass is 226 g/mol. The predicted octanol–water partition coefficient (Wildman–Crippen LogP) is 1.19. The molecule has 2 amide bonds. The summed E-state index contributed by atoms with van der Waals surface area (Å²) in [5.41, 5.74) is -0.108. The van der Waals surface area contributed by atoms with Gasteiger partial charge in [-0.1, -0.05) is 0 Å². The first-order valence-electron chi connectivity index (χ1n) is 5.83. The van der Waals surface area contributed by atoms with Crippen molar-refractivity contribution in [1.29, 1.82) is 0 Å². The molecule has 2 N–H and O–H groups in total. The first-order valence-corrected chi connectivity index (χ1v) is 5.83. The van der Waals surface area contributed by atoms with Crippen molar-refractivity contribution in [3.05, 3.63) is 0 Å². The van der Waals surface area contributed by atoms with Gasteiger partial charge in [-0.3, -0.25) is 0 Å². The van der Waals surface area contributed by atoms with Gasteiger partial charge in [-0.2, -0.15) is 0 Å². The maximum atomic E-state index is 11.9. The molecular weight excluding hydrogens is 208 g/mol. The summed E-state index contributed by atoms with van der Waals surface area (Å²) in [6.45, 7) is 2.57. The number of aliphatic carboxylic acids is 1. The van der Waals surface area contributed by atoms with Crippen LogP contribution in [-0.4, -0.2) is 40.1 Å². The lowest BCUT2D eigenvalue weighted by molar-refractivity contribution is -0.141. The second kappa shape index (κ2) is 3.96. The van der Waals surface area contributed by atoms with Crippen molar-refractivity contribution in [2.75, 3.05) is 6.54 Å². The number of likely N-dealkylation sites (tertiary alicyclic amines) is 1. The Kier molecular flexibility index (Phi) is 2.78. The third-order valence-electron chi connectivity index (χ3n) is 3.66. The Morgan fingerprint density at radius 2 is 2.06 bits per heavy atom. The SMILES string of the molecule is CC1(NC(=O)N2CCC[C@@H]2C(=O)O)CCC1. The molecule has 2 rings (SSSR count). The Morgan fingerprint density at radius 1 is 1.38 bits per heavy atom. The number of nitrogens with one attached hydrogen (secondary N) is 1. The zero-order chi connectivity index (χ0) is 11.8. The average molecular weight is 226 g/mol. The minimum absolute atomic E-state index is 0.108. The van der Waals surface area contributed by atoms with Crippen molar-refractivity contribution < 1.29 is 14.7 Å². The van der Waals surface area contributed by atoms with Gasteiger partial charge in [-0.15, -0.1) is 0 Å². The number of carbonyl (C=O) groups excluding carboxylic acids is 1. The van der Waals surface area contributed by atoms with E-state index in [1.54, 1.807) is 0 Å². The zero-order valence-electron chi connectivity index (χ0n) is 9.53. The van der Waals surface area contributed by atoms with Gasteiger partial charge in [0.15, 0.2) is 0 Å². The molecular formula is C11H18N2O3. The van der Waals surface area contributed by atoms with Crippen LogP contribution in [0.2, 0.25) is 0 Å². The third-order valence-corrected chi connectivity index (χ3v) is 3.66. The highest BCUT2D eigenvalue weighted by molar-refractivity contribution is 5.83. The van der Waals surface area contributed by atoms with E-state index in [1.165, 1.54) is 4.90 Å². The van der Waals surface area contributed by atoms with E-state index < -0.39 is 12.0 Å². The number of urea groups is 1. The summed E-state index contributed by atoms with van der Waals surface area (Å²) in [6, 6.07) is -0.851. The van der Waals surface area contributed by atoms with Crippen LogP contribution >= 0.6 is 0 Å². The van der Waals surface area contributed by atoms with Gasteiger partial charge >= 0.3 is 12.0 Å². The van der Waals surface area contributed by atoms with Crippen LogP contribution in [0.1, 0.15) is 39.0 Å². The minimum Gasteiger partial charge on any atom is -0.480 e. The molecule has 0 bridgehead atoms. The van der Waals surface area contributed by atoms with Gasteiger partial charge in [0.05, 0.1) is 0 Å². The van der Waals surface area contributed by atoms with Gasteiger partial charge < -0.3 is 15.3 Å². The topological polar surface area (TPSA) is 69.6 Å². The number of amides is 2. The van der Waals surface area contributed by atoms with Crippen molar-refractivity contribution in [2.45, 2.75) is 50.6 Å². The molecule has 0 aromatic heterocycles. The average Bonchev–Trinajstić information content (AvgIpc) is 2.63.